The van der Waals surface area contributed by atoms with Crippen molar-refractivity contribution < 1.29 is 9.47 Å². The second kappa shape index (κ2) is 9.76. The minimum Gasteiger partial charge on any atom is -0.369 e. The van der Waals surface area contributed by atoms with Crippen LogP contribution in [0.25, 0.3) is 0 Å². The summed E-state index contributed by atoms with van der Waals surface area (Å²) in [6, 6.07) is 0. The molecule has 0 N–H and O–H groups in total. The normalized spacial score (nSPS) is 17.2. The number of hydrogen-bond acceptors (Lipinski definition) is 5. The van der Waals surface area contributed by atoms with Crippen molar-refractivity contribution in [1.29, 1.82) is 0 Å². The van der Waals surface area contributed by atoms with E-state index in [2.05, 4.69) is 19.4 Å². The molecule has 0 atom stereocenters. The lowest BCUT2D eigenvalue weighted by Gasteiger charge is -2.35. The van der Waals surface area contributed by atoms with Gasteiger partial charge in [-0.3, -0.25) is 4.90 Å². The second-order valence-corrected chi connectivity index (χ2v) is 6.53. The number of rotatable bonds is 9. The highest BCUT2D eigenvalue weighted by Gasteiger charge is 2.24. The molecule has 0 aliphatic carbocycles. The maximum Gasteiger partial charge on any atom is 0.230 e. The molecule has 1 fully saturated rings. The number of hydrogen-bond donors (Lipinski definition) is 0. The molecular weight excluding hydrogens is 306 g/mol. The summed E-state index contributed by atoms with van der Waals surface area (Å²) in [5, 5.41) is 0. The monoisotopic (exact) mass is 337 g/mol. The molecule has 0 radical (unpaired) electrons. The van der Waals surface area contributed by atoms with Crippen molar-refractivity contribution in [2.45, 2.75) is 38.6 Å². The number of aliphatic imine (C=N–C) groups is 1. The van der Waals surface area contributed by atoms with E-state index < -0.39 is 0 Å². The zero-order valence-electron chi connectivity index (χ0n) is 15.4. The molecule has 1 aliphatic heterocycles. The van der Waals surface area contributed by atoms with Gasteiger partial charge < -0.3 is 18.9 Å². The summed E-state index contributed by atoms with van der Waals surface area (Å²) in [6.07, 6.45) is 10.2. The minimum atomic E-state index is -0.200. The van der Waals surface area contributed by atoms with Crippen LogP contribution in [0, 0.1) is 5.92 Å². The first kappa shape index (κ1) is 18.9. The Kier molecular flexibility index (Phi) is 7.68. The topological polar surface area (TPSA) is 55.1 Å². The first-order valence-corrected chi connectivity index (χ1v) is 8.65. The van der Waals surface area contributed by atoms with Crippen LogP contribution in [0.5, 0.6) is 0 Å². The maximum atomic E-state index is 5.33. The summed E-state index contributed by atoms with van der Waals surface area (Å²) >= 11 is 0. The Morgan fingerprint density at radius 3 is 2.67 bits per heavy atom. The molecule has 0 bridgehead atoms. The van der Waals surface area contributed by atoms with Crippen molar-refractivity contribution in [3.63, 3.8) is 0 Å². The van der Waals surface area contributed by atoms with Crippen LogP contribution in [-0.2, 0) is 16.0 Å². The summed E-state index contributed by atoms with van der Waals surface area (Å²) in [5.74, 6) is 1.56. The summed E-state index contributed by atoms with van der Waals surface area (Å²) < 4.78 is 12.8. The van der Waals surface area contributed by atoms with Crippen LogP contribution in [0.15, 0.2) is 17.4 Å². The zero-order valence-corrected chi connectivity index (χ0v) is 15.4. The predicted molar refractivity (Wildman–Crippen MR) is 95.4 cm³/mol. The van der Waals surface area contributed by atoms with Gasteiger partial charge in [0, 0.05) is 60.3 Å². The quantitative estimate of drug-likeness (QED) is 0.393. The molecule has 0 aromatic carbocycles. The number of aryl methyl sites for hydroxylation is 1. The van der Waals surface area contributed by atoms with Crippen molar-refractivity contribution >= 4 is 12.3 Å². The second-order valence-electron chi connectivity index (χ2n) is 6.53. The predicted octanol–water partition coefficient (Wildman–Crippen LogP) is 2.17. The van der Waals surface area contributed by atoms with Gasteiger partial charge in [-0.1, -0.05) is 0 Å². The summed E-state index contributed by atoms with van der Waals surface area (Å²) in [7, 11) is 7.31. The standard InChI is InChI=1S/C17H31N5O2/c1-20(2)14-19-16-18-9-13-21(16)10-5-6-15-7-11-22(12-8-15)17(23-3)24-4/h9,13-15,17H,5-8,10-12H2,1-4H3. The molecule has 1 saturated heterocycles. The third-order valence-electron chi connectivity index (χ3n) is 4.46. The molecule has 1 aliphatic rings. The molecule has 7 heteroatoms. The highest BCUT2D eigenvalue weighted by atomic mass is 16.7. The van der Waals surface area contributed by atoms with Gasteiger partial charge in [0.15, 0.2) is 0 Å². The van der Waals surface area contributed by atoms with E-state index in [4.69, 9.17) is 9.47 Å². The number of ether oxygens (including phenoxy) is 2. The van der Waals surface area contributed by atoms with Gasteiger partial charge in [0.05, 0.1) is 6.34 Å². The van der Waals surface area contributed by atoms with E-state index in [1.165, 1.54) is 19.3 Å². The lowest BCUT2D eigenvalue weighted by molar-refractivity contribution is -0.202. The largest absolute Gasteiger partial charge is 0.369 e. The number of methoxy groups -OCH3 is 2. The first-order valence-electron chi connectivity index (χ1n) is 8.65. The van der Waals surface area contributed by atoms with Gasteiger partial charge in [-0.05, 0) is 31.6 Å². The van der Waals surface area contributed by atoms with E-state index in [9.17, 15) is 0 Å². The van der Waals surface area contributed by atoms with E-state index in [1.54, 1.807) is 20.6 Å². The van der Waals surface area contributed by atoms with Crippen molar-refractivity contribution in [1.82, 2.24) is 19.4 Å². The Morgan fingerprint density at radius 1 is 1.33 bits per heavy atom. The van der Waals surface area contributed by atoms with Crippen LogP contribution in [0.1, 0.15) is 25.7 Å². The molecule has 1 aromatic rings. The van der Waals surface area contributed by atoms with Crippen LogP contribution in [0.2, 0.25) is 0 Å². The van der Waals surface area contributed by atoms with Gasteiger partial charge in [-0.2, -0.15) is 0 Å². The summed E-state index contributed by atoms with van der Waals surface area (Å²) in [5.41, 5.74) is 0. The molecule has 2 heterocycles. The number of piperidine rings is 1. The molecular formula is C17H31N5O2. The fourth-order valence-corrected chi connectivity index (χ4v) is 3.17. The first-order chi connectivity index (χ1) is 11.6. The summed E-state index contributed by atoms with van der Waals surface area (Å²) in [6.45, 7) is 3.06. The fourth-order valence-electron chi connectivity index (χ4n) is 3.17. The Hall–Kier alpha value is -1.44. The average Bonchev–Trinajstić information content (AvgIpc) is 3.03. The Morgan fingerprint density at radius 2 is 2.04 bits per heavy atom. The van der Waals surface area contributed by atoms with Crippen LogP contribution in [0.3, 0.4) is 0 Å². The van der Waals surface area contributed by atoms with Gasteiger partial charge in [-0.25, -0.2) is 9.98 Å². The van der Waals surface area contributed by atoms with Crippen molar-refractivity contribution in [3.8, 4) is 0 Å². The maximum absolute atomic E-state index is 5.33. The lowest BCUT2D eigenvalue weighted by atomic mass is 9.92. The molecule has 24 heavy (non-hydrogen) atoms. The molecule has 0 unspecified atom stereocenters. The van der Waals surface area contributed by atoms with E-state index in [-0.39, 0.29) is 6.41 Å². The van der Waals surface area contributed by atoms with E-state index in [0.717, 1.165) is 37.9 Å². The molecule has 0 saturated carbocycles. The van der Waals surface area contributed by atoms with Crippen LogP contribution in [0.4, 0.5) is 5.95 Å². The molecule has 2 rings (SSSR count). The zero-order chi connectivity index (χ0) is 17.4. The molecule has 136 valence electrons. The van der Waals surface area contributed by atoms with E-state index in [0.29, 0.717) is 0 Å². The summed E-state index contributed by atoms with van der Waals surface area (Å²) in [4.78, 5) is 12.9. The average molecular weight is 337 g/mol. The Bertz CT molecular complexity index is 491. The molecule has 7 nitrogen and oxygen atoms in total. The third-order valence-corrected chi connectivity index (χ3v) is 4.46. The van der Waals surface area contributed by atoms with Gasteiger partial charge in [0.2, 0.25) is 12.4 Å². The Labute approximate surface area is 145 Å². The van der Waals surface area contributed by atoms with Crippen molar-refractivity contribution in [2.75, 3.05) is 41.4 Å². The van der Waals surface area contributed by atoms with Gasteiger partial charge >= 0.3 is 0 Å². The minimum absolute atomic E-state index is 0.200. The lowest BCUT2D eigenvalue weighted by Crippen LogP contribution is -2.43. The number of likely N-dealkylation sites (tertiary alicyclic amines) is 1. The third kappa shape index (κ3) is 5.58. The molecule has 0 spiro atoms. The van der Waals surface area contributed by atoms with Crippen LogP contribution < -0.4 is 0 Å². The molecule has 0 amide bonds. The smallest absolute Gasteiger partial charge is 0.230 e. The highest BCUT2D eigenvalue weighted by Crippen LogP contribution is 2.24. The van der Waals surface area contributed by atoms with E-state index in [1.807, 2.05) is 31.4 Å². The van der Waals surface area contributed by atoms with Crippen LogP contribution in [-0.4, -0.2) is 73.5 Å². The van der Waals surface area contributed by atoms with Crippen molar-refractivity contribution in [3.05, 3.63) is 12.4 Å². The SMILES string of the molecule is COC(OC)N1CCC(CCCn2ccnc2N=CN(C)C)CC1. The van der Waals surface area contributed by atoms with E-state index >= 15 is 0 Å². The van der Waals surface area contributed by atoms with Crippen LogP contribution >= 0.6 is 0 Å². The molecule has 1 aromatic heterocycles. The highest BCUT2D eigenvalue weighted by molar-refractivity contribution is 5.57. The van der Waals surface area contributed by atoms with Gasteiger partial charge in [0.1, 0.15) is 0 Å². The number of imidazole rings is 1. The van der Waals surface area contributed by atoms with Crippen molar-refractivity contribution in [2.24, 2.45) is 10.9 Å². The fraction of sp³-hybridized carbons (Fsp3) is 0.765. The Balaban J connectivity index is 1.71. The van der Waals surface area contributed by atoms with Gasteiger partial charge in [0.25, 0.3) is 0 Å². The van der Waals surface area contributed by atoms with Gasteiger partial charge in [-0.15, -0.1) is 0 Å². The number of aromatic nitrogens is 2. The number of nitrogens with zero attached hydrogens (tertiary/aromatic N) is 5.